The van der Waals surface area contributed by atoms with E-state index in [-0.39, 0.29) is 11.4 Å². The first-order valence-corrected chi connectivity index (χ1v) is 9.70. The van der Waals surface area contributed by atoms with Gasteiger partial charge in [0.25, 0.3) is 0 Å². The third kappa shape index (κ3) is 2.89. The summed E-state index contributed by atoms with van der Waals surface area (Å²) in [6.07, 6.45) is 6.96. The van der Waals surface area contributed by atoms with Crippen LogP contribution in [0.1, 0.15) is 58.4 Å². The summed E-state index contributed by atoms with van der Waals surface area (Å²) in [5.74, 6) is 3.53. The summed E-state index contributed by atoms with van der Waals surface area (Å²) in [5.41, 5.74) is 1.62. The van der Waals surface area contributed by atoms with Crippen molar-refractivity contribution >= 4 is 5.91 Å². The average Bonchev–Trinajstić information content (AvgIpc) is 2.44. The van der Waals surface area contributed by atoms with Crippen LogP contribution in [0.2, 0.25) is 0 Å². The van der Waals surface area contributed by atoms with Crippen molar-refractivity contribution in [1.82, 2.24) is 5.32 Å². The molecule has 0 heterocycles. The molecule has 130 valence electrons. The highest BCUT2D eigenvalue weighted by atomic mass is 16.1. The number of nitrogens with one attached hydrogen (secondary N) is 1. The normalized spacial score (nSPS) is 37.5. The lowest BCUT2D eigenvalue weighted by Gasteiger charge is -2.63. The van der Waals surface area contributed by atoms with Crippen LogP contribution in [0.15, 0.2) is 30.3 Å². The Morgan fingerprint density at radius 1 is 1.08 bits per heavy atom. The van der Waals surface area contributed by atoms with Gasteiger partial charge in [-0.15, -0.1) is 0 Å². The van der Waals surface area contributed by atoms with Crippen LogP contribution in [0.25, 0.3) is 0 Å². The van der Waals surface area contributed by atoms with Crippen molar-refractivity contribution in [3.05, 3.63) is 35.9 Å². The summed E-state index contributed by atoms with van der Waals surface area (Å²) in [6, 6.07) is 10.1. The molecule has 4 fully saturated rings. The van der Waals surface area contributed by atoms with E-state index in [1.165, 1.54) is 32.1 Å². The maximum absolute atomic E-state index is 12.7. The molecule has 1 aromatic carbocycles. The topological polar surface area (TPSA) is 29.1 Å². The molecule has 2 nitrogen and oxygen atoms in total. The van der Waals surface area contributed by atoms with E-state index in [2.05, 4.69) is 38.2 Å². The van der Waals surface area contributed by atoms with Crippen LogP contribution in [-0.4, -0.2) is 11.4 Å². The second-order valence-electron chi connectivity index (χ2n) is 9.85. The molecule has 24 heavy (non-hydrogen) atoms. The van der Waals surface area contributed by atoms with Crippen molar-refractivity contribution in [3.63, 3.8) is 0 Å². The highest BCUT2D eigenvalue weighted by Crippen LogP contribution is 2.62. The molecule has 0 aliphatic heterocycles. The Kier molecular flexibility index (Phi) is 3.78. The Balaban J connectivity index is 1.48. The zero-order valence-electron chi connectivity index (χ0n) is 15.3. The number of hydrogen-bond acceptors (Lipinski definition) is 1. The van der Waals surface area contributed by atoms with Gasteiger partial charge >= 0.3 is 0 Å². The van der Waals surface area contributed by atoms with Gasteiger partial charge in [-0.1, -0.05) is 51.1 Å². The third-order valence-corrected chi connectivity index (χ3v) is 6.89. The van der Waals surface area contributed by atoms with Crippen molar-refractivity contribution in [2.45, 2.75) is 64.8 Å². The van der Waals surface area contributed by atoms with Gasteiger partial charge in [-0.05, 0) is 66.8 Å². The van der Waals surface area contributed by atoms with Crippen molar-refractivity contribution < 1.29 is 4.79 Å². The Hall–Kier alpha value is -1.31. The first-order chi connectivity index (χ1) is 11.3. The minimum atomic E-state index is 0.101. The lowest BCUT2D eigenvalue weighted by atomic mass is 9.45. The van der Waals surface area contributed by atoms with Crippen molar-refractivity contribution in [2.75, 3.05) is 0 Å². The van der Waals surface area contributed by atoms with Crippen LogP contribution in [-0.2, 0) is 11.2 Å². The first-order valence-electron chi connectivity index (χ1n) is 9.70. The molecule has 2 unspecified atom stereocenters. The number of rotatable bonds is 3. The minimum Gasteiger partial charge on any atom is -0.350 e. The zero-order chi connectivity index (χ0) is 16.9. The molecule has 2 atom stereocenters. The number of hydrogen-bond donors (Lipinski definition) is 1. The Morgan fingerprint density at radius 3 is 2.29 bits per heavy atom. The monoisotopic (exact) mass is 325 g/mol. The summed E-state index contributed by atoms with van der Waals surface area (Å²) >= 11 is 0. The molecule has 2 heteroatoms. The molecule has 5 rings (SSSR count). The maximum Gasteiger partial charge on any atom is 0.224 e. The summed E-state index contributed by atoms with van der Waals surface area (Å²) in [5, 5.41) is 3.51. The highest BCUT2D eigenvalue weighted by molar-refractivity contribution is 5.79. The lowest BCUT2D eigenvalue weighted by Crippen LogP contribution is -2.64. The predicted octanol–water partition coefficient (Wildman–Crippen LogP) is 4.59. The van der Waals surface area contributed by atoms with Gasteiger partial charge in [0, 0.05) is 5.54 Å². The fraction of sp³-hybridized carbons (Fsp3) is 0.682. The predicted molar refractivity (Wildman–Crippen MR) is 97.5 cm³/mol. The number of amides is 1. The molecule has 0 saturated heterocycles. The quantitative estimate of drug-likeness (QED) is 0.865. The van der Waals surface area contributed by atoms with Crippen molar-refractivity contribution in [1.29, 1.82) is 0 Å². The van der Waals surface area contributed by atoms with Gasteiger partial charge in [0.15, 0.2) is 0 Å². The summed E-state index contributed by atoms with van der Waals surface area (Å²) in [4.78, 5) is 12.7. The van der Waals surface area contributed by atoms with Crippen molar-refractivity contribution in [3.8, 4) is 0 Å². The van der Waals surface area contributed by atoms with E-state index in [4.69, 9.17) is 0 Å². The third-order valence-electron chi connectivity index (χ3n) is 6.89. The second-order valence-corrected chi connectivity index (χ2v) is 9.85. The first kappa shape index (κ1) is 16.2. The largest absolute Gasteiger partial charge is 0.350 e. The summed E-state index contributed by atoms with van der Waals surface area (Å²) in [7, 11) is 0. The Bertz CT molecular complexity index is 599. The second kappa shape index (κ2) is 5.61. The van der Waals surface area contributed by atoms with Crippen LogP contribution in [0.5, 0.6) is 0 Å². The van der Waals surface area contributed by atoms with Gasteiger partial charge in [0.1, 0.15) is 0 Å². The van der Waals surface area contributed by atoms with Gasteiger partial charge in [-0.2, -0.15) is 0 Å². The summed E-state index contributed by atoms with van der Waals surface area (Å²) in [6.45, 7) is 7.25. The standard InChI is InChI=1S/C22H31NO/c1-21(2,3)20-17-9-16-10-18(20)14-22(12-16,13-17)23-19(24)11-15-7-5-4-6-8-15/h4-8,16-18,20H,9-14H2,1-3H3,(H,23,24). The molecule has 0 radical (unpaired) electrons. The fourth-order valence-corrected chi connectivity index (χ4v) is 6.71. The van der Waals surface area contributed by atoms with Gasteiger partial charge in [0.05, 0.1) is 6.42 Å². The van der Waals surface area contributed by atoms with E-state index in [1.54, 1.807) is 0 Å². The fourth-order valence-electron chi connectivity index (χ4n) is 6.71. The Labute approximate surface area is 146 Å². The van der Waals surface area contributed by atoms with Gasteiger partial charge < -0.3 is 5.32 Å². The van der Waals surface area contributed by atoms with E-state index in [9.17, 15) is 4.79 Å². The lowest BCUT2D eigenvalue weighted by molar-refractivity contribution is -0.133. The molecular weight excluding hydrogens is 294 g/mol. The molecule has 1 N–H and O–H groups in total. The van der Waals surface area contributed by atoms with Crippen LogP contribution < -0.4 is 5.32 Å². The average molecular weight is 325 g/mol. The Morgan fingerprint density at radius 2 is 1.71 bits per heavy atom. The summed E-state index contributed by atoms with van der Waals surface area (Å²) < 4.78 is 0. The molecule has 4 bridgehead atoms. The molecule has 4 aliphatic carbocycles. The van der Waals surface area contributed by atoms with Gasteiger partial charge in [0.2, 0.25) is 5.91 Å². The van der Waals surface area contributed by atoms with E-state index in [1.807, 2.05) is 18.2 Å². The van der Waals surface area contributed by atoms with E-state index in [0.29, 0.717) is 11.8 Å². The molecular formula is C22H31NO. The number of benzene rings is 1. The maximum atomic E-state index is 12.7. The van der Waals surface area contributed by atoms with Crippen LogP contribution in [0.4, 0.5) is 0 Å². The zero-order valence-corrected chi connectivity index (χ0v) is 15.3. The highest BCUT2D eigenvalue weighted by Gasteiger charge is 2.57. The SMILES string of the molecule is CC(C)(C)C1C2CC3CC1CC(NC(=O)Cc1ccccc1)(C3)C2. The van der Waals surface area contributed by atoms with Crippen LogP contribution >= 0.6 is 0 Å². The van der Waals surface area contributed by atoms with Crippen LogP contribution in [0.3, 0.4) is 0 Å². The van der Waals surface area contributed by atoms with Crippen molar-refractivity contribution in [2.24, 2.45) is 29.1 Å². The minimum absolute atomic E-state index is 0.101. The molecule has 0 spiro atoms. The number of carbonyl (C=O) groups excluding carboxylic acids is 1. The van der Waals surface area contributed by atoms with E-state index in [0.717, 1.165) is 29.2 Å². The molecule has 1 amide bonds. The molecule has 0 aromatic heterocycles. The number of carbonyl (C=O) groups is 1. The smallest absolute Gasteiger partial charge is 0.224 e. The molecule has 4 saturated carbocycles. The molecule has 4 aliphatic rings. The van der Waals surface area contributed by atoms with E-state index >= 15 is 0 Å². The van der Waals surface area contributed by atoms with Crippen LogP contribution in [0, 0.1) is 29.1 Å². The molecule has 1 aromatic rings. The van der Waals surface area contributed by atoms with Gasteiger partial charge in [-0.3, -0.25) is 4.79 Å². The van der Waals surface area contributed by atoms with E-state index < -0.39 is 0 Å². The van der Waals surface area contributed by atoms with Gasteiger partial charge in [-0.25, -0.2) is 0 Å².